The van der Waals surface area contributed by atoms with Gasteiger partial charge in [0.05, 0.1) is 9.92 Å². The van der Waals surface area contributed by atoms with Crippen LogP contribution in [-0.2, 0) is 14.6 Å². The number of anilines is 1. The molecule has 21 heavy (non-hydrogen) atoms. The van der Waals surface area contributed by atoms with Crippen LogP contribution in [0.25, 0.3) is 0 Å². The highest BCUT2D eigenvalue weighted by Gasteiger charge is 2.31. The van der Waals surface area contributed by atoms with Crippen LogP contribution in [0.2, 0.25) is 5.02 Å². The largest absolute Gasteiger partial charge is 0.399 e. The van der Waals surface area contributed by atoms with Gasteiger partial charge in [0.1, 0.15) is 5.25 Å². The van der Waals surface area contributed by atoms with Crippen LogP contribution in [0.4, 0.5) is 5.69 Å². The molecule has 0 saturated heterocycles. The molecule has 0 spiro atoms. The van der Waals surface area contributed by atoms with Crippen molar-refractivity contribution >= 4 is 33.0 Å². The third-order valence-electron chi connectivity index (χ3n) is 3.18. The lowest BCUT2D eigenvalue weighted by atomic mass is 10.2. The normalized spacial score (nSPS) is 12.9. The summed E-state index contributed by atoms with van der Waals surface area (Å²) in [6, 6.07) is 4.14. The summed E-state index contributed by atoms with van der Waals surface area (Å²) < 4.78 is 24.8. The minimum absolute atomic E-state index is 0.0284. The van der Waals surface area contributed by atoms with Crippen molar-refractivity contribution in [1.29, 1.82) is 0 Å². The lowest BCUT2D eigenvalue weighted by Crippen LogP contribution is -2.38. The molecule has 0 aliphatic rings. The Bertz CT molecular complexity index is 602. The van der Waals surface area contributed by atoms with Crippen LogP contribution in [0.1, 0.15) is 33.1 Å². The third-order valence-corrected chi connectivity index (χ3v) is 5.72. The Morgan fingerprint density at radius 1 is 1.38 bits per heavy atom. The van der Waals surface area contributed by atoms with Crippen molar-refractivity contribution < 1.29 is 13.2 Å². The summed E-state index contributed by atoms with van der Waals surface area (Å²) >= 11 is 5.92. The molecule has 1 amide bonds. The van der Waals surface area contributed by atoms with Crippen LogP contribution in [0.5, 0.6) is 0 Å². The van der Waals surface area contributed by atoms with E-state index in [4.69, 9.17) is 17.3 Å². The Morgan fingerprint density at radius 3 is 2.62 bits per heavy atom. The van der Waals surface area contributed by atoms with Gasteiger partial charge in [0, 0.05) is 12.2 Å². The molecule has 0 aromatic heterocycles. The number of unbranched alkanes of at least 4 members (excludes halogenated alkanes) is 2. The second-order valence-electron chi connectivity index (χ2n) is 4.88. The summed E-state index contributed by atoms with van der Waals surface area (Å²) in [7, 11) is -3.83. The van der Waals surface area contributed by atoms with Crippen molar-refractivity contribution in [3.63, 3.8) is 0 Å². The number of hydrogen-bond acceptors (Lipinski definition) is 4. The molecule has 1 atom stereocenters. The maximum absolute atomic E-state index is 12.4. The van der Waals surface area contributed by atoms with E-state index < -0.39 is 21.0 Å². The maximum Gasteiger partial charge on any atom is 0.238 e. The zero-order valence-electron chi connectivity index (χ0n) is 12.2. The standard InChI is InChI=1S/C14H21ClN2O3S/c1-3-4-5-8-17-14(18)10(2)21(19,20)13-7-6-11(16)9-12(13)15/h6-7,9-10H,3-5,8,16H2,1-2H3,(H,17,18). The molecule has 3 N–H and O–H groups in total. The lowest BCUT2D eigenvalue weighted by molar-refractivity contribution is -0.120. The number of halogens is 1. The van der Waals surface area contributed by atoms with Crippen molar-refractivity contribution in [2.24, 2.45) is 0 Å². The monoisotopic (exact) mass is 332 g/mol. The summed E-state index contributed by atoms with van der Waals surface area (Å²) in [6.07, 6.45) is 2.85. The Kier molecular flexibility index (Phi) is 6.48. The molecule has 0 radical (unpaired) electrons. The second-order valence-corrected chi connectivity index (χ2v) is 7.52. The molecule has 118 valence electrons. The lowest BCUT2D eigenvalue weighted by Gasteiger charge is -2.14. The van der Waals surface area contributed by atoms with Crippen LogP contribution >= 0.6 is 11.6 Å². The van der Waals surface area contributed by atoms with Crippen molar-refractivity contribution in [2.75, 3.05) is 12.3 Å². The summed E-state index contributed by atoms with van der Waals surface area (Å²) in [4.78, 5) is 11.9. The first kappa shape index (κ1) is 17.8. The molecular weight excluding hydrogens is 312 g/mol. The van der Waals surface area contributed by atoms with E-state index in [0.717, 1.165) is 19.3 Å². The molecule has 0 heterocycles. The number of rotatable bonds is 7. The van der Waals surface area contributed by atoms with Crippen LogP contribution in [0.3, 0.4) is 0 Å². The molecule has 0 fully saturated rings. The molecule has 7 heteroatoms. The minimum Gasteiger partial charge on any atom is -0.399 e. The predicted molar refractivity (Wildman–Crippen MR) is 85.0 cm³/mol. The number of carbonyl (C=O) groups excluding carboxylic acids is 1. The molecule has 1 aromatic carbocycles. The van der Waals surface area contributed by atoms with Gasteiger partial charge in [0.15, 0.2) is 9.84 Å². The van der Waals surface area contributed by atoms with E-state index in [2.05, 4.69) is 12.2 Å². The van der Waals surface area contributed by atoms with Gasteiger partial charge in [-0.1, -0.05) is 31.4 Å². The Balaban J connectivity index is 2.84. The van der Waals surface area contributed by atoms with E-state index in [1.54, 1.807) is 0 Å². The molecule has 1 unspecified atom stereocenters. The minimum atomic E-state index is -3.83. The molecule has 1 aromatic rings. The van der Waals surface area contributed by atoms with Crippen molar-refractivity contribution in [3.8, 4) is 0 Å². The van der Waals surface area contributed by atoms with Crippen molar-refractivity contribution in [1.82, 2.24) is 5.32 Å². The van der Waals surface area contributed by atoms with E-state index >= 15 is 0 Å². The summed E-state index contributed by atoms with van der Waals surface area (Å²) in [5.41, 5.74) is 5.91. The van der Waals surface area contributed by atoms with Gasteiger partial charge in [-0.25, -0.2) is 8.42 Å². The summed E-state index contributed by atoms with van der Waals surface area (Å²) in [6.45, 7) is 3.89. The number of amides is 1. The van der Waals surface area contributed by atoms with Crippen LogP contribution in [-0.4, -0.2) is 26.1 Å². The summed E-state index contributed by atoms with van der Waals surface area (Å²) in [5, 5.41) is 1.47. The molecule has 1 rings (SSSR count). The van der Waals surface area contributed by atoms with Crippen LogP contribution < -0.4 is 11.1 Å². The van der Waals surface area contributed by atoms with E-state index in [-0.39, 0.29) is 9.92 Å². The highest BCUT2D eigenvalue weighted by Crippen LogP contribution is 2.27. The maximum atomic E-state index is 12.4. The van der Waals surface area contributed by atoms with Crippen molar-refractivity contribution in [3.05, 3.63) is 23.2 Å². The SMILES string of the molecule is CCCCCNC(=O)C(C)S(=O)(=O)c1ccc(N)cc1Cl. The smallest absolute Gasteiger partial charge is 0.238 e. The Hall–Kier alpha value is -1.27. The van der Waals surface area contributed by atoms with Gasteiger partial charge in [-0.15, -0.1) is 0 Å². The highest BCUT2D eigenvalue weighted by molar-refractivity contribution is 7.92. The fourth-order valence-electron chi connectivity index (χ4n) is 1.81. The van der Waals surface area contributed by atoms with Gasteiger partial charge in [-0.05, 0) is 31.5 Å². The fraction of sp³-hybridized carbons (Fsp3) is 0.500. The summed E-state index contributed by atoms with van der Waals surface area (Å²) in [5.74, 6) is -0.515. The van der Waals surface area contributed by atoms with Gasteiger partial charge in [-0.2, -0.15) is 0 Å². The molecule has 0 aliphatic heterocycles. The fourth-order valence-corrected chi connectivity index (χ4v) is 3.66. The number of nitrogens with one attached hydrogen (secondary N) is 1. The molecule has 5 nitrogen and oxygen atoms in total. The van der Waals surface area contributed by atoms with Crippen molar-refractivity contribution in [2.45, 2.75) is 43.3 Å². The predicted octanol–water partition coefficient (Wildman–Crippen LogP) is 2.39. The Labute approximate surface area is 130 Å². The first-order chi connectivity index (χ1) is 9.80. The zero-order valence-corrected chi connectivity index (χ0v) is 13.8. The number of carbonyl (C=O) groups is 1. The average molecular weight is 333 g/mol. The van der Waals surface area contributed by atoms with Gasteiger partial charge in [0.25, 0.3) is 0 Å². The number of nitrogen functional groups attached to an aromatic ring is 1. The number of hydrogen-bond donors (Lipinski definition) is 2. The van der Waals surface area contributed by atoms with E-state index in [9.17, 15) is 13.2 Å². The topological polar surface area (TPSA) is 89.3 Å². The quantitative estimate of drug-likeness (QED) is 0.592. The van der Waals surface area contributed by atoms with Crippen LogP contribution in [0, 0.1) is 0 Å². The first-order valence-corrected chi connectivity index (χ1v) is 8.79. The number of sulfone groups is 1. The van der Waals surface area contributed by atoms with E-state index in [1.165, 1.54) is 25.1 Å². The highest BCUT2D eigenvalue weighted by atomic mass is 35.5. The second kappa shape index (κ2) is 7.66. The molecule has 0 saturated carbocycles. The average Bonchev–Trinajstić information content (AvgIpc) is 2.42. The Morgan fingerprint density at radius 2 is 2.05 bits per heavy atom. The number of nitrogens with two attached hydrogens (primary N) is 1. The zero-order chi connectivity index (χ0) is 16.0. The first-order valence-electron chi connectivity index (χ1n) is 6.87. The number of benzene rings is 1. The van der Waals surface area contributed by atoms with E-state index in [0.29, 0.717) is 12.2 Å². The molecule has 0 aliphatic carbocycles. The van der Waals surface area contributed by atoms with Gasteiger partial charge < -0.3 is 11.1 Å². The molecular formula is C14H21ClN2O3S. The van der Waals surface area contributed by atoms with E-state index in [1.807, 2.05) is 0 Å². The van der Waals surface area contributed by atoms with Crippen LogP contribution in [0.15, 0.2) is 23.1 Å². The molecule has 0 bridgehead atoms. The van der Waals surface area contributed by atoms with Gasteiger partial charge in [0.2, 0.25) is 5.91 Å². The third kappa shape index (κ3) is 4.61. The van der Waals surface area contributed by atoms with Gasteiger partial charge >= 0.3 is 0 Å². The van der Waals surface area contributed by atoms with Gasteiger partial charge in [-0.3, -0.25) is 4.79 Å².